The zero-order chi connectivity index (χ0) is 19.1. The van der Waals surface area contributed by atoms with Crippen LogP contribution in [0.25, 0.3) is 10.8 Å². The summed E-state index contributed by atoms with van der Waals surface area (Å²) in [4.78, 5) is 26.9. The fraction of sp³-hybridized carbons (Fsp3) is 0.350. The molecule has 0 saturated carbocycles. The number of amides is 1. The Labute approximate surface area is 156 Å². The molecule has 7 heteroatoms. The highest BCUT2D eigenvalue weighted by molar-refractivity contribution is 6.02. The second-order valence-electron chi connectivity index (χ2n) is 7.09. The Bertz CT molecular complexity index is 1080. The Morgan fingerprint density at radius 2 is 2.11 bits per heavy atom. The van der Waals surface area contributed by atoms with Crippen LogP contribution in [-0.2, 0) is 4.79 Å². The second-order valence-corrected chi connectivity index (χ2v) is 7.09. The van der Waals surface area contributed by atoms with Crippen molar-refractivity contribution in [2.75, 3.05) is 23.3 Å². The SMILES string of the molecule is Cc1n[nH]c(=O)c2c(NC(=O)CN3CCC(C)c4ccccc43)oc(C)c12. The van der Waals surface area contributed by atoms with Gasteiger partial charge in [-0.2, -0.15) is 5.10 Å². The lowest BCUT2D eigenvalue weighted by atomic mass is 9.91. The molecule has 2 aromatic heterocycles. The Morgan fingerprint density at radius 1 is 1.33 bits per heavy atom. The number of para-hydroxylation sites is 1. The van der Waals surface area contributed by atoms with E-state index in [1.807, 2.05) is 18.2 Å². The lowest BCUT2D eigenvalue weighted by Gasteiger charge is -2.33. The minimum Gasteiger partial charge on any atom is -0.444 e. The summed E-state index contributed by atoms with van der Waals surface area (Å²) in [5.41, 5.74) is 2.63. The first-order valence-corrected chi connectivity index (χ1v) is 9.07. The number of nitrogens with one attached hydrogen (secondary N) is 2. The number of hydrogen-bond donors (Lipinski definition) is 2. The van der Waals surface area contributed by atoms with Gasteiger partial charge < -0.3 is 9.32 Å². The number of furan rings is 1. The van der Waals surface area contributed by atoms with Crippen molar-refractivity contribution in [1.82, 2.24) is 10.2 Å². The third-order valence-corrected chi connectivity index (χ3v) is 5.23. The topological polar surface area (TPSA) is 91.2 Å². The minimum atomic E-state index is -0.375. The van der Waals surface area contributed by atoms with Crippen LogP contribution in [0, 0.1) is 13.8 Å². The predicted octanol–water partition coefficient (Wildman–Crippen LogP) is 3.09. The number of nitrogens with zero attached hydrogens (tertiary/aromatic N) is 2. The summed E-state index contributed by atoms with van der Waals surface area (Å²) in [7, 11) is 0. The number of aromatic amines is 1. The smallest absolute Gasteiger partial charge is 0.277 e. The number of benzene rings is 1. The van der Waals surface area contributed by atoms with Crippen LogP contribution in [0.2, 0.25) is 0 Å². The summed E-state index contributed by atoms with van der Waals surface area (Å²) in [6, 6.07) is 8.17. The van der Waals surface area contributed by atoms with Crippen molar-refractivity contribution in [3.8, 4) is 0 Å². The largest absolute Gasteiger partial charge is 0.444 e. The van der Waals surface area contributed by atoms with Crippen LogP contribution in [-0.4, -0.2) is 29.2 Å². The highest BCUT2D eigenvalue weighted by Gasteiger charge is 2.24. The molecule has 0 radical (unpaired) electrons. The Balaban J connectivity index is 1.60. The summed E-state index contributed by atoms with van der Waals surface area (Å²) in [5.74, 6) is 1.00. The maximum Gasteiger partial charge on any atom is 0.277 e. The molecule has 0 bridgehead atoms. The van der Waals surface area contributed by atoms with E-state index in [0.29, 0.717) is 28.1 Å². The van der Waals surface area contributed by atoms with Crippen molar-refractivity contribution in [3.05, 3.63) is 51.6 Å². The van der Waals surface area contributed by atoms with E-state index < -0.39 is 0 Å². The van der Waals surface area contributed by atoms with Crippen molar-refractivity contribution in [2.24, 2.45) is 0 Å². The molecule has 1 unspecified atom stereocenters. The third kappa shape index (κ3) is 2.99. The molecule has 1 atom stereocenters. The summed E-state index contributed by atoms with van der Waals surface area (Å²) < 4.78 is 5.66. The molecule has 3 aromatic rings. The molecule has 1 amide bonds. The van der Waals surface area contributed by atoms with E-state index in [-0.39, 0.29) is 23.9 Å². The van der Waals surface area contributed by atoms with Crippen LogP contribution in [0.5, 0.6) is 0 Å². The van der Waals surface area contributed by atoms with Gasteiger partial charge in [-0.3, -0.25) is 14.9 Å². The number of rotatable bonds is 3. The van der Waals surface area contributed by atoms with E-state index in [1.165, 1.54) is 5.56 Å². The normalized spacial score (nSPS) is 16.4. The number of aromatic nitrogens is 2. The zero-order valence-corrected chi connectivity index (χ0v) is 15.6. The van der Waals surface area contributed by atoms with Crippen molar-refractivity contribution < 1.29 is 9.21 Å². The fourth-order valence-electron chi connectivity index (χ4n) is 3.85. The lowest BCUT2D eigenvalue weighted by molar-refractivity contribution is -0.115. The number of hydrogen-bond acceptors (Lipinski definition) is 5. The van der Waals surface area contributed by atoms with Gasteiger partial charge in [0.25, 0.3) is 5.56 Å². The van der Waals surface area contributed by atoms with Crippen molar-refractivity contribution in [3.63, 3.8) is 0 Å². The van der Waals surface area contributed by atoms with Gasteiger partial charge >= 0.3 is 0 Å². The highest BCUT2D eigenvalue weighted by Crippen LogP contribution is 2.34. The van der Waals surface area contributed by atoms with Crippen molar-refractivity contribution in [2.45, 2.75) is 33.1 Å². The highest BCUT2D eigenvalue weighted by atomic mass is 16.4. The lowest BCUT2D eigenvalue weighted by Crippen LogP contribution is -2.37. The fourth-order valence-corrected chi connectivity index (χ4v) is 3.85. The number of anilines is 2. The van der Waals surface area contributed by atoms with E-state index in [4.69, 9.17) is 4.42 Å². The van der Waals surface area contributed by atoms with Crippen LogP contribution < -0.4 is 15.8 Å². The molecular formula is C20H22N4O3. The van der Waals surface area contributed by atoms with E-state index >= 15 is 0 Å². The molecule has 27 heavy (non-hydrogen) atoms. The molecule has 1 aliphatic rings. The van der Waals surface area contributed by atoms with Gasteiger partial charge in [0.05, 0.1) is 17.6 Å². The van der Waals surface area contributed by atoms with Gasteiger partial charge in [0.2, 0.25) is 11.8 Å². The van der Waals surface area contributed by atoms with Crippen LogP contribution in [0.1, 0.15) is 36.3 Å². The number of fused-ring (bicyclic) bond motifs is 2. The molecule has 0 spiro atoms. The minimum absolute atomic E-state index is 0.179. The molecule has 3 heterocycles. The van der Waals surface area contributed by atoms with Crippen molar-refractivity contribution >= 4 is 28.3 Å². The van der Waals surface area contributed by atoms with Crippen molar-refractivity contribution in [1.29, 1.82) is 0 Å². The molecule has 0 aliphatic carbocycles. The van der Waals surface area contributed by atoms with Gasteiger partial charge in [-0.05, 0) is 37.8 Å². The second kappa shape index (κ2) is 6.57. The molecule has 7 nitrogen and oxygen atoms in total. The number of H-pyrrole nitrogens is 1. The average Bonchev–Trinajstić information content (AvgIpc) is 2.98. The van der Waals surface area contributed by atoms with E-state index in [1.54, 1.807) is 13.8 Å². The predicted molar refractivity (Wildman–Crippen MR) is 104 cm³/mol. The van der Waals surface area contributed by atoms with Gasteiger partial charge in [-0.15, -0.1) is 0 Å². The van der Waals surface area contributed by atoms with Crippen LogP contribution in [0.4, 0.5) is 11.6 Å². The first-order valence-electron chi connectivity index (χ1n) is 9.07. The van der Waals surface area contributed by atoms with Gasteiger partial charge in [0, 0.05) is 12.2 Å². The summed E-state index contributed by atoms with van der Waals surface area (Å²) in [6.45, 7) is 6.77. The molecule has 140 valence electrons. The Morgan fingerprint density at radius 3 is 2.93 bits per heavy atom. The molecule has 4 rings (SSSR count). The van der Waals surface area contributed by atoms with Gasteiger partial charge in [-0.1, -0.05) is 25.1 Å². The standard InChI is InChI=1S/C20H22N4O3/c1-11-8-9-24(15-7-5-4-6-14(11)15)10-16(25)21-20-18-17(13(3)27-20)12(2)22-23-19(18)26/h4-7,11H,8-10H2,1-3H3,(H,21,25)(H,23,26). The van der Waals surface area contributed by atoms with E-state index in [9.17, 15) is 9.59 Å². The average molecular weight is 366 g/mol. The first kappa shape index (κ1) is 17.3. The summed E-state index contributed by atoms with van der Waals surface area (Å²) in [5, 5.41) is 10.2. The molecule has 1 aliphatic heterocycles. The van der Waals surface area contributed by atoms with Crippen LogP contribution >= 0.6 is 0 Å². The summed E-state index contributed by atoms with van der Waals surface area (Å²) in [6.07, 6.45) is 0.998. The first-order chi connectivity index (χ1) is 13.0. The van der Waals surface area contributed by atoms with Crippen LogP contribution in [0.3, 0.4) is 0 Å². The number of carbonyl (C=O) groups is 1. The molecule has 2 N–H and O–H groups in total. The molecular weight excluding hydrogens is 344 g/mol. The molecule has 0 saturated heterocycles. The molecule has 1 aromatic carbocycles. The maximum absolute atomic E-state index is 12.7. The van der Waals surface area contributed by atoms with E-state index in [2.05, 4.69) is 33.4 Å². The third-order valence-electron chi connectivity index (χ3n) is 5.23. The quantitative estimate of drug-likeness (QED) is 0.743. The summed E-state index contributed by atoms with van der Waals surface area (Å²) >= 11 is 0. The van der Waals surface area contributed by atoms with Gasteiger partial charge in [0.1, 0.15) is 11.1 Å². The zero-order valence-electron chi connectivity index (χ0n) is 15.6. The van der Waals surface area contributed by atoms with Gasteiger partial charge in [0.15, 0.2) is 0 Å². The Hall–Kier alpha value is -3.09. The van der Waals surface area contributed by atoms with Crippen LogP contribution in [0.15, 0.2) is 33.5 Å². The Kier molecular flexibility index (Phi) is 4.22. The van der Waals surface area contributed by atoms with Gasteiger partial charge in [-0.25, -0.2) is 5.10 Å². The monoisotopic (exact) mass is 366 g/mol. The maximum atomic E-state index is 12.7. The number of aryl methyl sites for hydroxylation is 2. The van der Waals surface area contributed by atoms with E-state index in [0.717, 1.165) is 18.7 Å². The molecule has 0 fully saturated rings. The number of carbonyl (C=O) groups excluding carboxylic acids is 1.